The van der Waals surface area contributed by atoms with Gasteiger partial charge in [0.2, 0.25) is 0 Å². The molecule has 1 nitrogen and oxygen atoms in total. The molecule has 0 aliphatic heterocycles. The van der Waals surface area contributed by atoms with Crippen molar-refractivity contribution in [1.29, 1.82) is 0 Å². The molecule has 0 spiro atoms. The van der Waals surface area contributed by atoms with Gasteiger partial charge in [0.25, 0.3) is 0 Å². The number of rotatable bonds is 3. The number of nitrogens with two attached hydrogens (primary N) is 1. The molecular weight excluding hydrogens is 182 g/mol. The highest BCUT2D eigenvalue weighted by atomic mass is 35.5. The van der Waals surface area contributed by atoms with E-state index in [0.717, 1.165) is 11.4 Å². The number of hydrogen-bond acceptors (Lipinski definition) is 1. The van der Waals surface area contributed by atoms with Crippen LogP contribution in [0.15, 0.2) is 24.3 Å². The first-order chi connectivity index (χ1) is 6.09. The van der Waals surface area contributed by atoms with Gasteiger partial charge in [-0.15, -0.1) is 0 Å². The highest BCUT2D eigenvalue weighted by Gasteiger charge is 2.07. The van der Waals surface area contributed by atoms with Crippen LogP contribution in [0.4, 0.5) is 0 Å². The molecule has 0 amide bonds. The first-order valence-corrected chi connectivity index (χ1v) is 4.98. The molecule has 2 unspecified atom stereocenters. The molecule has 2 atom stereocenters. The fourth-order valence-electron chi connectivity index (χ4n) is 1.51. The molecule has 0 saturated carbocycles. The highest BCUT2D eigenvalue weighted by molar-refractivity contribution is 6.30. The molecular formula is C11H16ClN. The maximum atomic E-state index is 5.89. The molecule has 0 aromatic heterocycles. The van der Waals surface area contributed by atoms with E-state index in [-0.39, 0.29) is 6.04 Å². The van der Waals surface area contributed by atoms with Gasteiger partial charge in [0.1, 0.15) is 0 Å². The van der Waals surface area contributed by atoms with Crippen molar-refractivity contribution in [3.8, 4) is 0 Å². The van der Waals surface area contributed by atoms with Crippen molar-refractivity contribution in [2.75, 3.05) is 0 Å². The molecule has 0 fully saturated rings. The van der Waals surface area contributed by atoms with Crippen molar-refractivity contribution in [2.45, 2.75) is 32.2 Å². The van der Waals surface area contributed by atoms with Gasteiger partial charge < -0.3 is 5.73 Å². The predicted molar refractivity (Wildman–Crippen MR) is 58.1 cm³/mol. The van der Waals surface area contributed by atoms with Crippen LogP contribution in [0, 0.1) is 0 Å². The van der Waals surface area contributed by atoms with Crippen molar-refractivity contribution in [1.82, 2.24) is 0 Å². The Bertz CT molecular complexity index is 271. The van der Waals surface area contributed by atoms with Crippen LogP contribution in [0.2, 0.25) is 5.02 Å². The summed E-state index contributed by atoms with van der Waals surface area (Å²) in [6.45, 7) is 4.20. The van der Waals surface area contributed by atoms with Crippen LogP contribution in [0.1, 0.15) is 31.7 Å². The summed E-state index contributed by atoms with van der Waals surface area (Å²) in [5, 5.41) is 0.800. The molecule has 0 heterocycles. The summed E-state index contributed by atoms with van der Waals surface area (Å²) in [4.78, 5) is 0. The van der Waals surface area contributed by atoms with E-state index in [1.165, 1.54) is 5.56 Å². The van der Waals surface area contributed by atoms with Crippen LogP contribution in [-0.4, -0.2) is 6.04 Å². The van der Waals surface area contributed by atoms with Crippen LogP contribution in [0.5, 0.6) is 0 Å². The minimum Gasteiger partial charge on any atom is -0.328 e. The summed E-state index contributed by atoms with van der Waals surface area (Å²) in [6, 6.07) is 8.22. The quantitative estimate of drug-likeness (QED) is 0.792. The van der Waals surface area contributed by atoms with Crippen molar-refractivity contribution >= 4 is 11.6 Å². The van der Waals surface area contributed by atoms with Gasteiger partial charge in [-0.2, -0.15) is 0 Å². The summed E-state index contributed by atoms with van der Waals surface area (Å²) in [5.74, 6) is 0.485. The summed E-state index contributed by atoms with van der Waals surface area (Å²) >= 11 is 5.89. The molecule has 1 aromatic rings. The monoisotopic (exact) mass is 197 g/mol. The molecule has 0 bridgehead atoms. The summed E-state index contributed by atoms with van der Waals surface area (Å²) in [5.41, 5.74) is 7.00. The Morgan fingerprint density at radius 3 is 2.62 bits per heavy atom. The molecule has 72 valence electrons. The molecule has 13 heavy (non-hydrogen) atoms. The minimum atomic E-state index is 0.244. The van der Waals surface area contributed by atoms with E-state index in [0.29, 0.717) is 5.92 Å². The topological polar surface area (TPSA) is 26.0 Å². The average molecular weight is 198 g/mol. The standard InChI is InChI=1S/C11H16ClN/c1-8(6-9(2)13)10-4-3-5-11(12)7-10/h3-5,7-9H,6,13H2,1-2H3. The van der Waals surface area contributed by atoms with Crippen LogP contribution in [0.25, 0.3) is 0 Å². The van der Waals surface area contributed by atoms with Gasteiger partial charge in [-0.1, -0.05) is 30.7 Å². The van der Waals surface area contributed by atoms with E-state index >= 15 is 0 Å². The van der Waals surface area contributed by atoms with Crippen LogP contribution in [-0.2, 0) is 0 Å². The van der Waals surface area contributed by atoms with Gasteiger partial charge >= 0.3 is 0 Å². The lowest BCUT2D eigenvalue weighted by atomic mass is 9.95. The summed E-state index contributed by atoms with van der Waals surface area (Å²) < 4.78 is 0. The largest absolute Gasteiger partial charge is 0.328 e. The van der Waals surface area contributed by atoms with Crippen molar-refractivity contribution < 1.29 is 0 Å². The first kappa shape index (κ1) is 10.6. The summed E-state index contributed by atoms with van der Waals surface area (Å²) in [6.07, 6.45) is 1.00. The first-order valence-electron chi connectivity index (χ1n) is 4.60. The highest BCUT2D eigenvalue weighted by Crippen LogP contribution is 2.22. The Morgan fingerprint density at radius 1 is 1.38 bits per heavy atom. The van der Waals surface area contributed by atoms with Gasteiger partial charge in [0.15, 0.2) is 0 Å². The van der Waals surface area contributed by atoms with Crippen molar-refractivity contribution in [3.63, 3.8) is 0 Å². The molecule has 0 aliphatic rings. The molecule has 2 heteroatoms. The van der Waals surface area contributed by atoms with Gasteiger partial charge in [-0.05, 0) is 37.0 Å². The third-order valence-electron chi connectivity index (χ3n) is 2.14. The van der Waals surface area contributed by atoms with E-state index in [4.69, 9.17) is 17.3 Å². The van der Waals surface area contributed by atoms with Gasteiger partial charge in [0, 0.05) is 11.1 Å². The van der Waals surface area contributed by atoms with Gasteiger partial charge in [0.05, 0.1) is 0 Å². The maximum Gasteiger partial charge on any atom is 0.0408 e. The van der Waals surface area contributed by atoms with Crippen LogP contribution in [0.3, 0.4) is 0 Å². The third kappa shape index (κ3) is 3.37. The smallest absolute Gasteiger partial charge is 0.0408 e. The van der Waals surface area contributed by atoms with Gasteiger partial charge in [-0.3, -0.25) is 0 Å². The Kier molecular flexibility index (Phi) is 3.76. The maximum absolute atomic E-state index is 5.89. The molecule has 1 aromatic carbocycles. The lowest BCUT2D eigenvalue weighted by molar-refractivity contribution is 0.586. The Morgan fingerprint density at radius 2 is 2.08 bits per heavy atom. The van der Waals surface area contributed by atoms with Gasteiger partial charge in [-0.25, -0.2) is 0 Å². The van der Waals surface area contributed by atoms with E-state index < -0.39 is 0 Å². The van der Waals surface area contributed by atoms with E-state index in [2.05, 4.69) is 13.0 Å². The second-order valence-corrected chi connectivity index (χ2v) is 4.11. The van der Waals surface area contributed by atoms with Crippen LogP contribution >= 0.6 is 11.6 Å². The molecule has 2 N–H and O–H groups in total. The third-order valence-corrected chi connectivity index (χ3v) is 2.38. The Labute approximate surface area is 84.9 Å². The second-order valence-electron chi connectivity index (χ2n) is 3.67. The number of halogens is 1. The Hall–Kier alpha value is -0.530. The van der Waals surface area contributed by atoms with E-state index in [9.17, 15) is 0 Å². The normalized spacial score (nSPS) is 15.4. The zero-order valence-electron chi connectivity index (χ0n) is 8.13. The molecule has 1 rings (SSSR count). The molecule has 0 saturated heterocycles. The van der Waals surface area contributed by atoms with E-state index in [1.54, 1.807) is 0 Å². The fourth-order valence-corrected chi connectivity index (χ4v) is 1.71. The van der Waals surface area contributed by atoms with E-state index in [1.807, 2.05) is 25.1 Å². The lowest BCUT2D eigenvalue weighted by Crippen LogP contribution is -2.17. The number of benzene rings is 1. The molecule has 0 radical (unpaired) electrons. The fraction of sp³-hybridized carbons (Fsp3) is 0.455. The second kappa shape index (κ2) is 4.64. The predicted octanol–water partition coefficient (Wildman–Crippen LogP) is 3.18. The van der Waals surface area contributed by atoms with Crippen molar-refractivity contribution in [2.24, 2.45) is 5.73 Å². The Balaban J connectivity index is 2.71. The van der Waals surface area contributed by atoms with Crippen LogP contribution < -0.4 is 5.73 Å². The lowest BCUT2D eigenvalue weighted by Gasteiger charge is -2.14. The zero-order chi connectivity index (χ0) is 9.84. The average Bonchev–Trinajstić information content (AvgIpc) is 2.03. The molecule has 0 aliphatic carbocycles. The SMILES string of the molecule is CC(N)CC(C)c1cccc(Cl)c1. The number of hydrogen-bond donors (Lipinski definition) is 1. The van der Waals surface area contributed by atoms with Crippen molar-refractivity contribution in [3.05, 3.63) is 34.9 Å². The summed E-state index contributed by atoms with van der Waals surface area (Å²) in [7, 11) is 0. The minimum absolute atomic E-state index is 0.244. The zero-order valence-corrected chi connectivity index (χ0v) is 8.88.